The van der Waals surface area contributed by atoms with Crippen molar-refractivity contribution in [1.29, 1.82) is 5.26 Å². The van der Waals surface area contributed by atoms with Gasteiger partial charge in [-0.05, 0) is 43.2 Å². The summed E-state index contributed by atoms with van der Waals surface area (Å²) in [6.45, 7) is 6.99. The van der Waals surface area contributed by atoms with Crippen molar-refractivity contribution in [2.45, 2.75) is 39.4 Å². The van der Waals surface area contributed by atoms with E-state index in [1.165, 1.54) is 5.56 Å². The second-order valence-corrected chi connectivity index (χ2v) is 8.24. The molecule has 0 aliphatic carbocycles. The van der Waals surface area contributed by atoms with Gasteiger partial charge < -0.3 is 4.90 Å². The van der Waals surface area contributed by atoms with E-state index in [1.807, 2.05) is 60.4 Å². The number of carbonyl (C=O) groups excluding carboxylic acids is 1. The minimum absolute atomic E-state index is 0.0500. The predicted octanol–water partition coefficient (Wildman–Crippen LogP) is 2.82. The van der Waals surface area contributed by atoms with Crippen LogP contribution in [0.3, 0.4) is 0 Å². The van der Waals surface area contributed by atoms with E-state index < -0.39 is 0 Å². The minimum Gasteiger partial charge on any atom is -0.341 e. The highest BCUT2D eigenvalue weighted by Gasteiger charge is 2.20. The fourth-order valence-electron chi connectivity index (χ4n) is 4.48. The molecule has 0 unspecified atom stereocenters. The molecule has 1 aromatic heterocycles. The van der Waals surface area contributed by atoms with E-state index in [2.05, 4.69) is 11.0 Å². The molecule has 4 rings (SSSR count). The van der Waals surface area contributed by atoms with E-state index in [0.717, 1.165) is 43.6 Å². The van der Waals surface area contributed by atoms with Crippen molar-refractivity contribution in [3.8, 4) is 6.07 Å². The van der Waals surface area contributed by atoms with Gasteiger partial charge in [-0.15, -0.1) is 0 Å². The summed E-state index contributed by atoms with van der Waals surface area (Å²) in [5, 5.41) is 8.95. The van der Waals surface area contributed by atoms with Gasteiger partial charge in [-0.2, -0.15) is 5.26 Å². The van der Waals surface area contributed by atoms with Crippen LogP contribution in [0.15, 0.2) is 53.3 Å². The number of fused-ring (bicyclic) bond motifs is 1. The van der Waals surface area contributed by atoms with Crippen LogP contribution in [0.4, 0.5) is 0 Å². The van der Waals surface area contributed by atoms with Crippen LogP contribution in [0, 0.1) is 11.3 Å². The fourth-order valence-corrected chi connectivity index (χ4v) is 4.48. The normalized spacial score (nSPS) is 14.9. The molecule has 2 aromatic carbocycles. The Hall–Kier alpha value is -3.37. The Balaban J connectivity index is 1.36. The van der Waals surface area contributed by atoms with E-state index in [1.54, 1.807) is 9.13 Å². The number of rotatable bonds is 6. The van der Waals surface area contributed by atoms with Gasteiger partial charge in [0.25, 0.3) is 0 Å². The first-order chi connectivity index (χ1) is 15.6. The largest absolute Gasteiger partial charge is 0.341 e. The van der Waals surface area contributed by atoms with Gasteiger partial charge in [0.05, 0.1) is 22.7 Å². The fraction of sp³-hybridized carbons (Fsp3) is 0.400. The van der Waals surface area contributed by atoms with Gasteiger partial charge in [-0.1, -0.05) is 24.3 Å². The molecule has 3 aromatic rings. The molecule has 32 heavy (non-hydrogen) atoms. The Labute approximate surface area is 188 Å². The monoisotopic (exact) mass is 431 g/mol. The van der Waals surface area contributed by atoms with Crippen LogP contribution in [0.1, 0.15) is 30.9 Å². The summed E-state index contributed by atoms with van der Waals surface area (Å²) in [6.07, 6.45) is 1.25. The lowest BCUT2D eigenvalue weighted by Gasteiger charge is -2.22. The zero-order valence-electron chi connectivity index (χ0n) is 18.5. The molecule has 0 bridgehead atoms. The molecular formula is C25H29N5O2. The predicted molar refractivity (Wildman–Crippen MR) is 124 cm³/mol. The van der Waals surface area contributed by atoms with Crippen LogP contribution in [-0.4, -0.2) is 51.0 Å². The molecular weight excluding hydrogens is 402 g/mol. The number of hydrogen-bond acceptors (Lipinski definition) is 4. The average Bonchev–Trinajstić information content (AvgIpc) is 2.94. The molecule has 2 heterocycles. The molecule has 1 fully saturated rings. The molecule has 1 aliphatic heterocycles. The zero-order chi connectivity index (χ0) is 22.5. The van der Waals surface area contributed by atoms with Crippen LogP contribution in [-0.2, 0) is 24.4 Å². The van der Waals surface area contributed by atoms with Crippen molar-refractivity contribution < 1.29 is 4.79 Å². The molecule has 0 spiro atoms. The van der Waals surface area contributed by atoms with Crippen molar-refractivity contribution in [2.24, 2.45) is 0 Å². The van der Waals surface area contributed by atoms with Crippen LogP contribution in [0.5, 0.6) is 0 Å². The third-order valence-corrected chi connectivity index (χ3v) is 6.22. The lowest BCUT2D eigenvalue weighted by Crippen LogP contribution is -2.36. The first-order valence-corrected chi connectivity index (χ1v) is 11.3. The van der Waals surface area contributed by atoms with Gasteiger partial charge in [0, 0.05) is 52.2 Å². The molecule has 1 saturated heterocycles. The Morgan fingerprint density at radius 3 is 2.38 bits per heavy atom. The maximum Gasteiger partial charge on any atom is 0.329 e. The first kappa shape index (κ1) is 21.8. The second kappa shape index (κ2) is 9.84. The summed E-state index contributed by atoms with van der Waals surface area (Å²) in [6, 6.07) is 17.6. The highest BCUT2D eigenvalue weighted by atomic mass is 16.2. The van der Waals surface area contributed by atoms with Crippen molar-refractivity contribution in [1.82, 2.24) is 18.9 Å². The number of nitrogens with zero attached hydrogens (tertiary/aromatic N) is 5. The molecule has 0 radical (unpaired) electrons. The summed E-state index contributed by atoms with van der Waals surface area (Å²) >= 11 is 0. The van der Waals surface area contributed by atoms with E-state index in [4.69, 9.17) is 5.26 Å². The number of imidazole rings is 1. The van der Waals surface area contributed by atoms with Gasteiger partial charge in [0.2, 0.25) is 5.91 Å². The second-order valence-electron chi connectivity index (χ2n) is 8.24. The highest BCUT2D eigenvalue weighted by molar-refractivity contribution is 5.78. The summed E-state index contributed by atoms with van der Waals surface area (Å²) in [7, 11) is 0. The number of para-hydroxylation sites is 2. The van der Waals surface area contributed by atoms with Crippen molar-refractivity contribution >= 4 is 16.9 Å². The van der Waals surface area contributed by atoms with E-state index >= 15 is 0 Å². The van der Waals surface area contributed by atoms with Gasteiger partial charge in [-0.25, -0.2) is 4.79 Å². The standard InChI is InChI=1S/C25H29N5O2/c1-2-29-22-6-3-4-7-23(22)30(25(29)32)15-12-24(31)28-14-5-13-27(16-17-28)19-21-10-8-20(18-26)9-11-21/h3-4,6-11H,2,5,12-17,19H2,1H3. The third kappa shape index (κ3) is 4.61. The van der Waals surface area contributed by atoms with E-state index in [-0.39, 0.29) is 11.6 Å². The van der Waals surface area contributed by atoms with Crippen LogP contribution in [0.2, 0.25) is 0 Å². The lowest BCUT2D eigenvalue weighted by molar-refractivity contribution is -0.131. The number of carbonyl (C=O) groups is 1. The van der Waals surface area contributed by atoms with E-state index in [0.29, 0.717) is 31.6 Å². The molecule has 0 N–H and O–H groups in total. The first-order valence-electron chi connectivity index (χ1n) is 11.3. The number of amides is 1. The van der Waals surface area contributed by atoms with Crippen molar-refractivity contribution in [3.05, 3.63) is 70.1 Å². The minimum atomic E-state index is -0.0500. The molecule has 166 valence electrons. The smallest absolute Gasteiger partial charge is 0.329 e. The number of aryl methyl sites for hydroxylation is 2. The number of aromatic nitrogens is 2. The molecule has 0 atom stereocenters. The average molecular weight is 432 g/mol. The molecule has 7 nitrogen and oxygen atoms in total. The van der Waals surface area contributed by atoms with Gasteiger partial charge in [0.1, 0.15) is 0 Å². The highest BCUT2D eigenvalue weighted by Crippen LogP contribution is 2.14. The lowest BCUT2D eigenvalue weighted by atomic mass is 10.1. The quantitative estimate of drug-likeness (QED) is 0.602. The van der Waals surface area contributed by atoms with Crippen LogP contribution in [0.25, 0.3) is 11.0 Å². The SMILES string of the molecule is CCn1c(=O)n(CCC(=O)N2CCCN(Cc3ccc(C#N)cc3)CC2)c2ccccc21. The molecule has 7 heteroatoms. The maximum atomic E-state index is 12.9. The molecule has 0 saturated carbocycles. The summed E-state index contributed by atoms with van der Waals surface area (Å²) < 4.78 is 3.48. The Bertz CT molecular complexity index is 1190. The third-order valence-electron chi connectivity index (χ3n) is 6.22. The molecule has 1 aliphatic rings. The van der Waals surface area contributed by atoms with Gasteiger partial charge in [0.15, 0.2) is 0 Å². The van der Waals surface area contributed by atoms with E-state index in [9.17, 15) is 9.59 Å². The number of hydrogen-bond donors (Lipinski definition) is 0. The maximum absolute atomic E-state index is 12.9. The van der Waals surface area contributed by atoms with Gasteiger partial charge >= 0.3 is 5.69 Å². The Morgan fingerprint density at radius 1 is 0.969 bits per heavy atom. The van der Waals surface area contributed by atoms with Crippen molar-refractivity contribution in [3.63, 3.8) is 0 Å². The van der Waals surface area contributed by atoms with Gasteiger partial charge in [-0.3, -0.25) is 18.8 Å². The van der Waals surface area contributed by atoms with Crippen LogP contribution < -0.4 is 5.69 Å². The number of nitriles is 1. The van der Waals surface area contributed by atoms with Crippen LogP contribution >= 0.6 is 0 Å². The summed E-state index contributed by atoms with van der Waals surface area (Å²) in [4.78, 5) is 30.0. The Kier molecular flexibility index (Phi) is 6.72. The zero-order valence-corrected chi connectivity index (χ0v) is 18.5. The molecule has 1 amide bonds. The summed E-state index contributed by atoms with van der Waals surface area (Å²) in [5.41, 5.74) is 3.60. The summed E-state index contributed by atoms with van der Waals surface area (Å²) in [5.74, 6) is 0.102. The van der Waals surface area contributed by atoms with Crippen molar-refractivity contribution in [2.75, 3.05) is 26.2 Å². The Morgan fingerprint density at radius 2 is 1.69 bits per heavy atom. The number of benzene rings is 2. The topological polar surface area (TPSA) is 74.3 Å².